The summed E-state index contributed by atoms with van der Waals surface area (Å²) in [6.45, 7) is 0. The summed E-state index contributed by atoms with van der Waals surface area (Å²) in [5, 5.41) is 4.44. The van der Waals surface area contributed by atoms with E-state index in [-0.39, 0.29) is 0 Å². The van der Waals surface area contributed by atoms with E-state index in [0.29, 0.717) is 17.5 Å². The molecule has 0 N–H and O–H groups in total. The Kier molecular flexibility index (Phi) is 9.02. The zero-order valence-corrected chi connectivity index (χ0v) is 36.1. The molecule has 5 nitrogen and oxygen atoms in total. The second kappa shape index (κ2) is 14.2. The molecule has 0 spiro atoms. The van der Waals surface area contributed by atoms with Crippen molar-refractivity contribution in [3.63, 3.8) is 0 Å². The minimum Gasteiger partial charge on any atom is -0.456 e. The topological polar surface area (TPSA) is 56.7 Å². The molecule has 0 fully saturated rings. The minimum absolute atomic E-state index is 0.633. The fourth-order valence-corrected chi connectivity index (χ4v) is 9.59. The van der Waals surface area contributed by atoms with Gasteiger partial charge < -0.3 is 8.98 Å². The zero-order chi connectivity index (χ0) is 41.7. The monoisotopic (exact) mass is 760 g/mol. The van der Waals surface area contributed by atoms with Crippen molar-refractivity contribution in [1.29, 1.82) is 0 Å². The van der Waals surface area contributed by atoms with Gasteiger partial charge >= 0.3 is 0 Å². The molecule has 274 valence electrons. The number of hydrogen-bond donors (Lipinski definition) is 0. The molecular formula is C45H38B10N4O. The van der Waals surface area contributed by atoms with Crippen molar-refractivity contribution in [3.05, 3.63) is 109 Å². The highest BCUT2D eigenvalue weighted by Crippen LogP contribution is 2.39. The predicted octanol–water partition coefficient (Wildman–Crippen LogP) is -5.88. The normalized spacial score (nSPS) is 11.7. The van der Waals surface area contributed by atoms with E-state index < -0.39 is 0 Å². The van der Waals surface area contributed by atoms with Crippen molar-refractivity contribution in [2.24, 2.45) is 0 Å². The van der Waals surface area contributed by atoms with Crippen LogP contribution in [0.25, 0.3) is 94.7 Å². The molecule has 60 heavy (non-hydrogen) atoms. The van der Waals surface area contributed by atoms with Crippen molar-refractivity contribution < 1.29 is 4.42 Å². The Balaban J connectivity index is 1.20. The molecule has 0 saturated carbocycles. The first-order chi connectivity index (χ1) is 28.9. The summed E-state index contributed by atoms with van der Waals surface area (Å²) in [4.78, 5) is 16.1. The molecular weight excluding hydrogens is 721 g/mol. The molecule has 3 heterocycles. The molecule has 0 bridgehead atoms. The van der Waals surface area contributed by atoms with Gasteiger partial charge in [0.2, 0.25) is 0 Å². The standard InChI is InChI=1S/C45H38B10N4O/c46-33-31(34(47)38(51)41(54)37(33)50)44-56-43(57-45(58-44)32-35(48)39(52)42(55)40(53)36(32)49)24-10-6-12-28-30(24)23-15-14-21(18-29(23)60-28)59-26-11-5-4-9-22(26)25-17-20(13-16-27(25)59)19-7-2-1-3-8-19/h1-18H,46-55H2. The third kappa shape index (κ3) is 5.73. The molecule has 0 saturated heterocycles. The third-order valence-corrected chi connectivity index (χ3v) is 13.8. The molecule has 15 heteroatoms. The Labute approximate surface area is 359 Å². The lowest BCUT2D eigenvalue weighted by atomic mass is 9.60. The number of nitrogens with zero attached hydrogens (tertiary/aromatic N) is 4. The molecule has 0 aliphatic rings. The van der Waals surface area contributed by atoms with E-state index in [4.69, 9.17) is 19.4 Å². The number of para-hydroxylation sites is 1. The lowest BCUT2D eigenvalue weighted by molar-refractivity contribution is 0.668. The average molecular weight is 759 g/mol. The van der Waals surface area contributed by atoms with Crippen LogP contribution in [0.5, 0.6) is 0 Å². The lowest BCUT2D eigenvalue weighted by Gasteiger charge is -2.22. The van der Waals surface area contributed by atoms with E-state index in [1.807, 2.05) is 0 Å². The Bertz CT molecular complexity index is 3310. The summed E-state index contributed by atoms with van der Waals surface area (Å²) in [7, 11) is 22.0. The van der Waals surface area contributed by atoms with Crippen molar-refractivity contribution in [2.75, 3.05) is 0 Å². The van der Waals surface area contributed by atoms with Crippen LogP contribution in [0.15, 0.2) is 114 Å². The summed E-state index contributed by atoms with van der Waals surface area (Å²) in [5.41, 5.74) is 22.9. The van der Waals surface area contributed by atoms with E-state index in [2.05, 4.69) is 192 Å². The first-order valence-electron chi connectivity index (χ1n) is 20.9. The number of fused-ring (bicyclic) bond motifs is 6. The van der Waals surface area contributed by atoms with Gasteiger partial charge in [0.1, 0.15) is 89.6 Å². The first kappa shape index (κ1) is 38.0. The van der Waals surface area contributed by atoms with Crippen LogP contribution in [0.3, 0.4) is 0 Å². The number of benzene rings is 7. The molecule has 10 rings (SSSR count). The molecule has 0 aliphatic carbocycles. The zero-order valence-electron chi connectivity index (χ0n) is 36.1. The van der Waals surface area contributed by atoms with Crippen LogP contribution < -0.4 is 54.6 Å². The number of hydrogen-bond acceptors (Lipinski definition) is 4. The summed E-state index contributed by atoms with van der Waals surface area (Å²) >= 11 is 0. The second-order valence-electron chi connectivity index (χ2n) is 16.7. The summed E-state index contributed by atoms with van der Waals surface area (Å²) in [6.07, 6.45) is 0. The van der Waals surface area contributed by atoms with E-state index in [9.17, 15) is 0 Å². The van der Waals surface area contributed by atoms with Crippen LogP contribution in [-0.4, -0.2) is 98.0 Å². The SMILES string of the molecule is Bc1c(B)c(B)c(-c2nc(-c3c(B)c(B)c(B)c(B)c3B)nc(-c3cccc4oc5cc(-n6c7ccccc7c7cc(-c8ccccc8)ccc76)ccc5c34)n2)c(B)c1B. The Hall–Kier alpha value is -6.20. The number of furan rings is 1. The van der Waals surface area contributed by atoms with Gasteiger partial charge in [0.05, 0.1) is 11.0 Å². The summed E-state index contributed by atoms with van der Waals surface area (Å²) in [6, 6.07) is 38.8. The average Bonchev–Trinajstić information content (AvgIpc) is 3.81. The largest absolute Gasteiger partial charge is 0.456 e. The van der Waals surface area contributed by atoms with Gasteiger partial charge in [-0.2, -0.15) is 0 Å². The first-order valence-corrected chi connectivity index (χ1v) is 20.9. The fourth-order valence-electron chi connectivity index (χ4n) is 9.59. The molecule has 0 amide bonds. The molecule has 10 aromatic rings. The maximum Gasteiger partial charge on any atom is 0.164 e. The maximum atomic E-state index is 6.77. The van der Waals surface area contributed by atoms with Crippen LogP contribution >= 0.6 is 0 Å². The van der Waals surface area contributed by atoms with Gasteiger partial charge in [-0.05, 0) is 47.5 Å². The number of rotatable bonds is 5. The summed E-state index contributed by atoms with van der Waals surface area (Å²) in [5.74, 6) is 2.02. The quantitative estimate of drug-likeness (QED) is 0.165. The predicted molar refractivity (Wildman–Crippen MR) is 285 cm³/mol. The smallest absolute Gasteiger partial charge is 0.164 e. The molecule has 0 aliphatic heterocycles. The Morgan fingerprint density at radius 3 is 1.57 bits per heavy atom. The van der Waals surface area contributed by atoms with Crippen molar-refractivity contribution in [1.82, 2.24) is 19.5 Å². The van der Waals surface area contributed by atoms with Crippen LogP contribution in [0.2, 0.25) is 0 Å². The Morgan fingerprint density at radius 1 is 0.383 bits per heavy atom. The van der Waals surface area contributed by atoms with Gasteiger partial charge in [-0.3, -0.25) is 0 Å². The second-order valence-corrected chi connectivity index (χ2v) is 16.7. The van der Waals surface area contributed by atoms with Crippen molar-refractivity contribution >= 4 is 177 Å². The van der Waals surface area contributed by atoms with Gasteiger partial charge in [0.15, 0.2) is 17.5 Å². The molecule has 0 atom stereocenters. The van der Waals surface area contributed by atoms with Gasteiger partial charge in [-0.25, -0.2) is 15.0 Å². The van der Waals surface area contributed by atoms with Crippen LogP contribution in [0.4, 0.5) is 0 Å². The van der Waals surface area contributed by atoms with E-state index in [1.54, 1.807) is 0 Å². The summed E-state index contributed by atoms with van der Waals surface area (Å²) < 4.78 is 9.12. The van der Waals surface area contributed by atoms with Crippen molar-refractivity contribution in [3.8, 4) is 51.0 Å². The highest BCUT2D eigenvalue weighted by molar-refractivity contribution is 6.70. The van der Waals surface area contributed by atoms with E-state index in [1.165, 1.54) is 76.5 Å². The van der Waals surface area contributed by atoms with Gasteiger partial charge in [-0.15, -0.1) is 32.8 Å². The third-order valence-electron chi connectivity index (χ3n) is 13.8. The molecule has 0 unspecified atom stereocenters. The van der Waals surface area contributed by atoms with Crippen LogP contribution in [0.1, 0.15) is 0 Å². The van der Waals surface area contributed by atoms with Gasteiger partial charge in [0.25, 0.3) is 0 Å². The van der Waals surface area contributed by atoms with Gasteiger partial charge in [0, 0.05) is 50.0 Å². The minimum atomic E-state index is 0.633. The molecule has 7 aromatic carbocycles. The van der Waals surface area contributed by atoms with Crippen LogP contribution in [0, 0.1) is 0 Å². The van der Waals surface area contributed by atoms with Gasteiger partial charge in [-0.1, -0.05) is 88.6 Å². The fraction of sp³-hybridized carbons (Fsp3) is 0. The Morgan fingerprint density at radius 2 is 0.933 bits per heavy atom. The van der Waals surface area contributed by atoms with E-state index in [0.717, 1.165) is 55.3 Å². The maximum absolute atomic E-state index is 6.77. The number of aromatic nitrogens is 4. The van der Waals surface area contributed by atoms with E-state index >= 15 is 0 Å². The highest BCUT2D eigenvalue weighted by Gasteiger charge is 2.24. The highest BCUT2D eigenvalue weighted by atomic mass is 16.3. The molecule has 0 radical (unpaired) electrons. The lowest BCUT2D eigenvalue weighted by Crippen LogP contribution is -2.55. The van der Waals surface area contributed by atoms with Crippen LogP contribution in [-0.2, 0) is 0 Å². The molecule has 3 aromatic heterocycles. The van der Waals surface area contributed by atoms with Crippen molar-refractivity contribution in [2.45, 2.75) is 0 Å².